The number of sulfonamides is 1. The lowest BCUT2D eigenvalue weighted by molar-refractivity contribution is 0.0588. The molecule has 3 rings (SSSR count). The molecule has 28 heavy (non-hydrogen) atoms. The number of nitrogens with zero attached hydrogens (tertiary/aromatic N) is 2. The molecule has 2 heterocycles. The number of amides is 1. The van der Waals surface area contributed by atoms with Crippen LogP contribution in [-0.2, 0) is 10.0 Å². The standard InChI is InChI=1S/C20H25N3O4S/c1-3-28(25,26)22-17-8-9-19(21-14-17)27-18-10-12-23(13-11-18)20(24)16-6-4-15(2)5-7-16/h4-9,14,18,22H,3,10-13H2,1-2H3. The first-order valence-electron chi connectivity index (χ1n) is 9.35. The number of carbonyl (C=O) groups excluding carboxylic acids is 1. The summed E-state index contributed by atoms with van der Waals surface area (Å²) in [4.78, 5) is 18.6. The Morgan fingerprint density at radius 3 is 2.43 bits per heavy atom. The second-order valence-electron chi connectivity index (χ2n) is 6.87. The Morgan fingerprint density at radius 2 is 1.86 bits per heavy atom. The van der Waals surface area contributed by atoms with Gasteiger partial charge in [-0.1, -0.05) is 17.7 Å². The molecule has 0 aliphatic carbocycles. The molecular formula is C20H25N3O4S. The average molecular weight is 404 g/mol. The van der Waals surface area contributed by atoms with E-state index in [4.69, 9.17) is 4.74 Å². The normalized spacial score (nSPS) is 15.3. The van der Waals surface area contributed by atoms with Crippen molar-refractivity contribution in [1.82, 2.24) is 9.88 Å². The molecule has 8 heteroatoms. The molecule has 0 spiro atoms. The Hall–Kier alpha value is -2.61. The third kappa shape index (κ3) is 5.22. The zero-order valence-electron chi connectivity index (χ0n) is 16.1. The van der Waals surface area contributed by atoms with E-state index in [1.807, 2.05) is 36.1 Å². The zero-order chi connectivity index (χ0) is 20.1. The molecule has 1 N–H and O–H groups in total. The molecule has 7 nitrogen and oxygen atoms in total. The van der Waals surface area contributed by atoms with Gasteiger partial charge in [-0.25, -0.2) is 13.4 Å². The van der Waals surface area contributed by atoms with Crippen LogP contribution in [0.4, 0.5) is 5.69 Å². The molecular weight excluding hydrogens is 378 g/mol. The number of rotatable bonds is 6. The molecule has 0 unspecified atom stereocenters. The van der Waals surface area contributed by atoms with Crippen LogP contribution in [0.15, 0.2) is 42.6 Å². The van der Waals surface area contributed by atoms with E-state index in [0.717, 1.165) is 18.4 Å². The van der Waals surface area contributed by atoms with Crippen molar-refractivity contribution in [2.24, 2.45) is 0 Å². The van der Waals surface area contributed by atoms with Gasteiger partial charge in [0.1, 0.15) is 6.10 Å². The van der Waals surface area contributed by atoms with Gasteiger partial charge in [0.25, 0.3) is 5.91 Å². The van der Waals surface area contributed by atoms with Crippen molar-refractivity contribution in [3.8, 4) is 5.88 Å². The third-order valence-electron chi connectivity index (χ3n) is 4.70. The van der Waals surface area contributed by atoms with Gasteiger partial charge in [-0.15, -0.1) is 0 Å². The summed E-state index contributed by atoms with van der Waals surface area (Å²) in [5.41, 5.74) is 2.24. The highest BCUT2D eigenvalue weighted by Gasteiger charge is 2.25. The van der Waals surface area contributed by atoms with Crippen LogP contribution < -0.4 is 9.46 Å². The van der Waals surface area contributed by atoms with Gasteiger partial charge in [-0.05, 0) is 32.0 Å². The minimum absolute atomic E-state index is 0.00509. The van der Waals surface area contributed by atoms with E-state index >= 15 is 0 Å². The van der Waals surface area contributed by atoms with Crippen molar-refractivity contribution in [3.05, 3.63) is 53.7 Å². The lowest BCUT2D eigenvalue weighted by Crippen LogP contribution is -2.41. The molecule has 1 aliphatic heterocycles. The monoisotopic (exact) mass is 403 g/mol. The maximum Gasteiger partial charge on any atom is 0.253 e. The van der Waals surface area contributed by atoms with Gasteiger partial charge in [0.05, 0.1) is 17.6 Å². The number of carbonyl (C=O) groups is 1. The van der Waals surface area contributed by atoms with Crippen molar-refractivity contribution in [2.75, 3.05) is 23.6 Å². The highest BCUT2D eigenvalue weighted by Crippen LogP contribution is 2.20. The Bertz CT molecular complexity index is 903. The molecule has 150 valence electrons. The Morgan fingerprint density at radius 1 is 1.18 bits per heavy atom. The van der Waals surface area contributed by atoms with Gasteiger partial charge in [-0.2, -0.15) is 0 Å². The fraction of sp³-hybridized carbons (Fsp3) is 0.400. The minimum atomic E-state index is -3.32. The van der Waals surface area contributed by atoms with Crippen molar-refractivity contribution in [1.29, 1.82) is 0 Å². The Balaban J connectivity index is 1.51. The van der Waals surface area contributed by atoms with E-state index in [9.17, 15) is 13.2 Å². The van der Waals surface area contributed by atoms with Crippen LogP contribution in [0.25, 0.3) is 0 Å². The second-order valence-corrected chi connectivity index (χ2v) is 8.88. The van der Waals surface area contributed by atoms with Crippen molar-refractivity contribution in [3.63, 3.8) is 0 Å². The lowest BCUT2D eigenvalue weighted by atomic mass is 10.1. The molecule has 0 radical (unpaired) electrons. The van der Waals surface area contributed by atoms with Crippen LogP contribution in [0, 0.1) is 6.92 Å². The molecule has 1 fully saturated rings. The first-order valence-corrected chi connectivity index (χ1v) is 11.0. The number of aromatic nitrogens is 1. The lowest BCUT2D eigenvalue weighted by Gasteiger charge is -2.32. The van der Waals surface area contributed by atoms with E-state index < -0.39 is 10.0 Å². The van der Waals surface area contributed by atoms with Crippen molar-refractivity contribution < 1.29 is 17.9 Å². The van der Waals surface area contributed by atoms with Crippen LogP contribution >= 0.6 is 0 Å². The predicted octanol–water partition coefficient (Wildman–Crippen LogP) is 2.84. The van der Waals surface area contributed by atoms with E-state index in [1.165, 1.54) is 6.20 Å². The Kier molecular flexibility index (Phi) is 6.18. The summed E-state index contributed by atoms with van der Waals surface area (Å²) >= 11 is 0. The van der Waals surface area contributed by atoms with Gasteiger partial charge in [0, 0.05) is 37.6 Å². The number of hydrogen-bond acceptors (Lipinski definition) is 5. The quantitative estimate of drug-likeness (QED) is 0.801. The molecule has 1 amide bonds. The topological polar surface area (TPSA) is 88.6 Å². The summed E-state index contributed by atoms with van der Waals surface area (Å²) in [6, 6.07) is 10.9. The molecule has 0 bridgehead atoms. The number of aryl methyl sites for hydroxylation is 1. The van der Waals surface area contributed by atoms with Crippen LogP contribution in [0.5, 0.6) is 5.88 Å². The number of likely N-dealkylation sites (tertiary alicyclic amines) is 1. The highest BCUT2D eigenvalue weighted by molar-refractivity contribution is 7.92. The van der Waals surface area contributed by atoms with Crippen LogP contribution in [0.2, 0.25) is 0 Å². The van der Waals surface area contributed by atoms with Gasteiger partial charge < -0.3 is 9.64 Å². The van der Waals surface area contributed by atoms with Crippen molar-refractivity contribution in [2.45, 2.75) is 32.8 Å². The highest BCUT2D eigenvalue weighted by atomic mass is 32.2. The van der Waals surface area contributed by atoms with Crippen LogP contribution in [-0.4, -0.2) is 49.2 Å². The summed E-state index contributed by atoms with van der Waals surface area (Å²) in [6.07, 6.45) is 2.87. The van der Waals surface area contributed by atoms with Gasteiger partial charge in [0.15, 0.2) is 0 Å². The summed E-state index contributed by atoms with van der Waals surface area (Å²) in [5, 5.41) is 0. The fourth-order valence-electron chi connectivity index (χ4n) is 2.99. The van der Waals surface area contributed by atoms with Crippen molar-refractivity contribution >= 4 is 21.6 Å². The summed E-state index contributed by atoms with van der Waals surface area (Å²) in [5.74, 6) is 0.498. The summed E-state index contributed by atoms with van der Waals surface area (Å²) < 4.78 is 31.5. The number of pyridine rings is 1. The zero-order valence-corrected chi connectivity index (χ0v) is 16.9. The summed E-state index contributed by atoms with van der Waals surface area (Å²) in [7, 11) is -3.32. The number of nitrogens with one attached hydrogen (secondary N) is 1. The molecule has 1 saturated heterocycles. The number of ether oxygens (including phenoxy) is 1. The molecule has 0 saturated carbocycles. The first kappa shape index (κ1) is 20.1. The number of hydrogen-bond donors (Lipinski definition) is 1. The largest absolute Gasteiger partial charge is 0.474 e. The second kappa shape index (κ2) is 8.60. The maximum atomic E-state index is 12.6. The van der Waals surface area contributed by atoms with Gasteiger partial charge >= 0.3 is 0 Å². The van der Waals surface area contributed by atoms with Gasteiger partial charge in [0.2, 0.25) is 15.9 Å². The average Bonchev–Trinajstić information content (AvgIpc) is 2.70. The number of benzene rings is 1. The minimum Gasteiger partial charge on any atom is -0.474 e. The van der Waals surface area contributed by atoms with Gasteiger partial charge in [-0.3, -0.25) is 9.52 Å². The SMILES string of the molecule is CCS(=O)(=O)Nc1ccc(OC2CCN(C(=O)c3ccc(C)cc3)CC2)nc1. The van der Waals surface area contributed by atoms with Crippen LogP contribution in [0.1, 0.15) is 35.7 Å². The summed E-state index contributed by atoms with van der Waals surface area (Å²) in [6.45, 7) is 4.83. The molecule has 1 aliphatic rings. The van der Waals surface area contributed by atoms with E-state index in [1.54, 1.807) is 19.1 Å². The Labute approximate surface area is 165 Å². The van der Waals surface area contributed by atoms with E-state index in [2.05, 4.69) is 9.71 Å². The first-order chi connectivity index (χ1) is 13.4. The molecule has 0 atom stereocenters. The third-order valence-corrected chi connectivity index (χ3v) is 6.01. The fourth-order valence-corrected chi connectivity index (χ4v) is 3.61. The van der Waals surface area contributed by atoms with Crippen LogP contribution in [0.3, 0.4) is 0 Å². The maximum absolute atomic E-state index is 12.6. The number of anilines is 1. The molecule has 1 aromatic carbocycles. The predicted molar refractivity (Wildman–Crippen MR) is 108 cm³/mol. The molecule has 1 aromatic heterocycles. The molecule has 2 aromatic rings. The van der Waals surface area contributed by atoms with E-state index in [0.29, 0.717) is 30.2 Å². The smallest absolute Gasteiger partial charge is 0.253 e. The number of piperidine rings is 1. The van der Waals surface area contributed by atoms with E-state index in [-0.39, 0.29) is 17.8 Å².